The van der Waals surface area contributed by atoms with Gasteiger partial charge < -0.3 is 9.15 Å². The molecule has 1 heterocycles. The van der Waals surface area contributed by atoms with Gasteiger partial charge in [0.2, 0.25) is 0 Å². The number of nitrogens with zero attached hydrogens (tertiary/aromatic N) is 1. The van der Waals surface area contributed by atoms with E-state index in [-0.39, 0.29) is 5.43 Å². The van der Waals surface area contributed by atoms with E-state index in [1.807, 2.05) is 48.5 Å². The van der Waals surface area contributed by atoms with Gasteiger partial charge in [0.1, 0.15) is 24.2 Å². The van der Waals surface area contributed by atoms with Gasteiger partial charge in [0.05, 0.1) is 10.9 Å². The molecule has 4 nitrogen and oxygen atoms in total. The van der Waals surface area contributed by atoms with Crippen LogP contribution in [0.15, 0.2) is 64.0 Å². The Bertz CT molecular complexity index is 1030. The molecule has 0 saturated heterocycles. The molecule has 0 spiro atoms. The van der Waals surface area contributed by atoms with Gasteiger partial charge in [0.25, 0.3) is 0 Å². The van der Waals surface area contributed by atoms with E-state index in [9.17, 15) is 4.79 Å². The molecule has 2 fully saturated rings. The number of ether oxygens (including phenoxy) is 1. The second-order valence-corrected chi connectivity index (χ2v) is 8.26. The van der Waals surface area contributed by atoms with Crippen molar-refractivity contribution in [2.75, 3.05) is 13.2 Å². The van der Waals surface area contributed by atoms with Gasteiger partial charge >= 0.3 is 0 Å². The number of rotatable bonds is 7. The third-order valence-corrected chi connectivity index (χ3v) is 6.26. The van der Waals surface area contributed by atoms with E-state index >= 15 is 0 Å². The first-order valence-corrected chi connectivity index (χ1v) is 10.8. The molecule has 2 aliphatic carbocycles. The van der Waals surface area contributed by atoms with E-state index in [0.29, 0.717) is 23.1 Å². The lowest BCUT2D eigenvalue weighted by molar-refractivity contribution is 0.152. The molecule has 3 aromatic rings. The van der Waals surface area contributed by atoms with E-state index in [2.05, 4.69) is 4.90 Å². The summed E-state index contributed by atoms with van der Waals surface area (Å²) in [6, 6.07) is 16.7. The van der Waals surface area contributed by atoms with Crippen LogP contribution in [0.25, 0.3) is 22.1 Å². The first kappa shape index (κ1) is 18.4. The normalized spacial score (nSPS) is 17.3. The van der Waals surface area contributed by atoms with Gasteiger partial charge in [-0.1, -0.05) is 43.2 Å². The van der Waals surface area contributed by atoms with Crippen LogP contribution in [0, 0.1) is 0 Å². The monoisotopic (exact) mass is 389 g/mol. The fourth-order valence-corrected chi connectivity index (χ4v) is 4.59. The molecule has 0 N–H and O–H groups in total. The number of benzene rings is 2. The standard InChI is InChI=1S/C25H27NO3/c27-25-22-13-12-21(16-24(22)29-17-23(25)18-6-2-1-3-7-18)28-15-14-26(20-10-11-20)19-8-4-5-9-19/h1-3,6-7,12-13,16-17,19-20H,4-5,8-11,14-15H2. The van der Waals surface area contributed by atoms with Crippen molar-refractivity contribution in [1.29, 1.82) is 0 Å². The maximum absolute atomic E-state index is 12.9. The molecule has 150 valence electrons. The largest absolute Gasteiger partial charge is 0.492 e. The van der Waals surface area contributed by atoms with E-state index < -0.39 is 0 Å². The van der Waals surface area contributed by atoms with Crippen LogP contribution in [-0.4, -0.2) is 30.1 Å². The van der Waals surface area contributed by atoms with E-state index in [0.717, 1.165) is 29.9 Å². The van der Waals surface area contributed by atoms with Crippen molar-refractivity contribution in [3.63, 3.8) is 0 Å². The van der Waals surface area contributed by atoms with Crippen LogP contribution in [0.5, 0.6) is 5.75 Å². The van der Waals surface area contributed by atoms with Crippen molar-refractivity contribution < 1.29 is 9.15 Å². The Kier molecular flexibility index (Phi) is 5.11. The molecule has 2 saturated carbocycles. The fourth-order valence-electron chi connectivity index (χ4n) is 4.59. The van der Waals surface area contributed by atoms with Gasteiger partial charge in [-0.3, -0.25) is 9.69 Å². The molecule has 29 heavy (non-hydrogen) atoms. The van der Waals surface area contributed by atoms with Gasteiger partial charge in [-0.2, -0.15) is 0 Å². The molecule has 2 aromatic carbocycles. The Balaban J connectivity index is 1.29. The predicted octanol–water partition coefficient (Wildman–Crippen LogP) is 5.25. The van der Waals surface area contributed by atoms with Crippen LogP contribution in [0.2, 0.25) is 0 Å². The third-order valence-electron chi connectivity index (χ3n) is 6.26. The zero-order valence-electron chi connectivity index (χ0n) is 16.7. The first-order valence-electron chi connectivity index (χ1n) is 10.8. The molecule has 0 atom stereocenters. The average molecular weight is 389 g/mol. The molecular formula is C25H27NO3. The summed E-state index contributed by atoms with van der Waals surface area (Å²) in [7, 11) is 0. The smallest absolute Gasteiger partial charge is 0.200 e. The number of hydrogen-bond donors (Lipinski definition) is 0. The lowest BCUT2D eigenvalue weighted by Gasteiger charge is -2.28. The van der Waals surface area contributed by atoms with Crippen molar-refractivity contribution in [2.24, 2.45) is 0 Å². The van der Waals surface area contributed by atoms with Crippen molar-refractivity contribution in [1.82, 2.24) is 4.90 Å². The molecule has 0 bridgehead atoms. The lowest BCUT2D eigenvalue weighted by atomic mass is 10.1. The van der Waals surface area contributed by atoms with Gasteiger partial charge in [0.15, 0.2) is 5.43 Å². The average Bonchev–Trinajstić information content (AvgIpc) is 3.45. The third kappa shape index (κ3) is 3.95. The molecule has 1 aromatic heterocycles. The molecule has 0 unspecified atom stereocenters. The quantitative estimate of drug-likeness (QED) is 0.554. The van der Waals surface area contributed by atoms with Gasteiger partial charge in [-0.15, -0.1) is 0 Å². The van der Waals surface area contributed by atoms with Crippen molar-refractivity contribution in [2.45, 2.75) is 50.6 Å². The Morgan fingerprint density at radius 2 is 1.72 bits per heavy atom. The SMILES string of the molecule is O=c1c(-c2ccccc2)coc2cc(OCCN(C3CCCC3)C3CC3)ccc12. The molecular weight excluding hydrogens is 362 g/mol. The Morgan fingerprint density at radius 3 is 2.48 bits per heavy atom. The van der Waals surface area contributed by atoms with Crippen LogP contribution >= 0.6 is 0 Å². The summed E-state index contributed by atoms with van der Waals surface area (Å²) in [5.41, 5.74) is 2.02. The highest BCUT2D eigenvalue weighted by Gasteiger charge is 2.34. The van der Waals surface area contributed by atoms with Gasteiger partial charge in [0, 0.05) is 24.7 Å². The maximum atomic E-state index is 12.9. The van der Waals surface area contributed by atoms with E-state index in [1.54, 1.807) is 6.26 Å². The minimum Gasteiger partial charge on any atom is -0.492 e. The van der Waals surface area contributed by atoms with Crippen LogP contribution < -0.4 is 10.2 Å². The lowest BCUT2D eigenvalue weighted by Crippen LogP contribution is -2.38. The summed E-state index contributed by atoms with van der Waals surface area (Å²) in [5.74, 6) is 0.760. The minimum absolute atomic E-state index is 0.00913. The predicted molar refractivity (Wildman–Crippen MR) is 115 cm³/mol. The fraction of sp³-hybridized carbons (Fsp3) is 0.400. The Morgan fingerprint density at radius 1 is 0.966 bits per heavy atom. The summed E-state index contributed by atoms with van der Waals surface area (Å²) in [6.45, 7) is 1.65. The molecule has 5 rings (SSSR count). The molecule has 0 radical (unpaired) electrons. The van der Waals surface area contributed by atoms with Crippen molar-refractivity contribution in [3.8, 4) is 16.9 Å². The summed E-state index contributed by atoms with van der Waals surface area (Å²) in [5, 5.41) is 0.587. The highest BCUT2D eigenvalue weighted by atomic mass is 16.5. The van der Waals surface area contributed by atoms with Crippen molar-refractivity contribution >= 4 is 11.0 Å². The second kappa shape index (κ2) is 8.03. The van der Waals surface area contributed by atoms with Crippen LogP contribution in [0.1, 0.15) is 38.5 Å². The Labute approximate surface area is 171 Å². The van der Waals surface area contributed by atoms with Crippen LogP contribution in [0.3, 0.4) is 0 Å². The summed E-state index contributed by atoms with van der Waals surface area (Å²) >= 11 is 0. The van der Waals surface area contributed by atoms with Crippen LogP contribution in [-0.2, 0) is 0 Å². The summed E-state index contributed by atoms with van der Waals surface area (Å²) < 4.78 is 11.8. The Hall–Kier alpha value is -2.59. The second-order valence-electron chi connectivity index (χ2n) is 8.26. The summed E-state index contributed by atoms with van der Waals surface area (Å²) in [4.78, 5) is 15.5. The van der Waals surface area contributed by atoms with E-state index in [1.165, 1.54) is 38.5 Å². The van der Waals surface area contributed by atoms with Crippen LogP contribution in [0.4, 0.5) is 0 Å². The summed E-state index contributed by atoms with van der Waals surface area (Å²) in [6.07, 6.45) is 9.62. The van der Waals surface area contributed by atoms with E-state index in [4.69, 9.17) is 9.15 Å². The minimum atomic E-state index is -0.00913. The highest BCUT2D eigenvalue weighted by Crippen LogP contribution is 2.34. The molecule has 0 amide bonds. The highest BCUT2D eigenvalue weighted by molar-refractivity contribution is 5.82. The topological polar surface area (TPSA) is 42.7 Å². The molecule has 4 heteroatoms. The van der Waals surface area contributed by atoms with Gasteiger partial charge in [-0.25, -0.2) is 0 Å². The zero-order valence-corrected chi connectivity index (χ0v) is 16.7. The number of hydrogen-bond acceptors (Lipinski definition) is 4. The maximum Gasteiger partial charge on any atom is 0.200 e. The molecule has 2 aliphatic rings. The van der Waals surface area contributed by atoms with Crippen molar-refractivity contribution in [3.05, 3.63) is 65.0 Å². The zero-order chi connectivity index (χ0) is 19.6. The van der Waals surface area contributed by atoms with Gasteiger partial charge in [-0.05, 0) is 43.4 Å². The molecule has 0 aliphatic heterocycles. The number of fused-ring (bicyclic) bond motifs is 1. The first-order chi connectivity index (χ1) is 14.3.